The summed E-state index contributed by atoms with van der Waals surface area (Å²) in [4.78, 5) is 0. The third kappa shape index (κ3) is 3.02. The number of phenolic OH excluding ortho intramolecular Hbond substituents is 1. The fourth-order valence-corrected chi connectivity index (χ4v) is 1.97. The normalized spacial score (nSPS) is 10.3. The van der Waals surface area contributed by atoms with E-state index in [0.29, 0.717) is 30.3 Å². The molecule has 0 spiro atoms. The minimum absolute atomic E-state index is 0.100. The lowest BCUT2D eigenvalue weighted by Gasteiger charge is -2.13. The Balaban J connectivity index is 2.44. The zero-order chi connectivity index (χ0) is 14.5. The van der Waals surface area contributed by atoms with Gasteiger partial charge < -0.3 is 14.6 Å². The van der Waals surface area contributed by atoms with E-state index in [0.717, 1.165) is 11.6 Å². The Morgan fingerprint density at radius 1 is 0.950 bits per heavy atom. The lowest BCUT2D eigenvalue weighted by molar-refractivity contribution is 0.288. The molecule has 0 unspecified atom stereocenters. The summed E-state index contributed by atoms with van der Waals surface area (Å²) in [7, 11) is 0. The highest BCUT2D eigenvalue weighted by atomic mass is 19.1. The van der Waals surface area contributed by atoms with Gasteiger partial charge in [-0.05, 0) is 43.7 Å². The van der Waals surface area contributed by atoms with Crippen LogP contribution in [0.5, 0.6) is 17.2 Å². The zero-order valence-corrected chi connectivity index (χ0v) is 11.5. The molecule has 0 aliphatic rings. The van der Waals surface area contributed by atoms with Crippen molar-refractivity contribution in [3.63, 3.8) is 0 Å². The van der Waals surface area contributed by atoms with E-state index in [9.17, 15) is 9.50 Å². The second-order valence-electron chi connectivity index (χ2n) is 4.19. The predicted octanol–water partition coefficient (Wildman–Crippen LogP) is 4.00. The summed E-state index contributed by atoms with van der Waals surface area (Å²) in [6, 6.07) is 9.31. The quantitative estimate of drug-likeness (QED) is 0.897. The van der Waals surface area contributed by atoms with Gasteiger partial charge in [0.1, 0.15) is 11.6 Å². The second-order valence-corrected chi connectivity index (χ2v) is 4.19. The zero-order valence-electron chi connectivity index (χ0n) is 11.5. The van der Waals surface area contributed by atoms with Crippen LogP contribution in [0.2, 0.25) is 0 Å². The molecular formula is C16H17FO3. The summed E-state index contributed by atoms with van der Waals surface area (Å²) in [6.07, 6.45) is 0. The Morgan fingerprint density at radius 3 is 2.30 bits per heavy atom. The van der Waals surface area contributed by atoms with Crippen LogP contribution in [0.1, 0.15) is 13.8 Å². The van der Waals surface area contributed by atoms with Crippen LogP contribution in [-0.2, 0) is 0 Å². The van der Waals surface area contributed by atoms with Crippen LogP contribution >= 0.6 is 0 Å². The Morgan fingerprint density at radius 2 is 1.65 bits per heavy atom. The Labute approximate surface area is 117 Å². The molecule has 0 fully saturated rings. The molecule has 1 N–H and O–H groups in total. The fourth-order valence-electron chi connectivity index (χ4n) is 1.97. The van der Waals surface area contributed by atoms with Gasteiger partial charge in [-0.2, -0.15) is 0 Å². The van der Waals surface area contributed by atoms with Crippen molar-refractivity contribution in [3.8, 4) is 28.4 Å². The van der Waals surface area contributed by atoms with Gasteiger partial charge >= 0.3 is 0 Å². The molecule has 0 radical (unpaired) electrons. The maximum atomic E-state index is 13.0. The molecule has 0 aliphatic carbocycles. The maximum absolute atomic E-state index is 13.0. The molecule has 0 bridgehead atoms. The van der Waals surface area contributed by atoms with Gasteiger partial charge in [0.2, 0.25) is 0 Å². The third-order valence-corrected chi connectivity index (χ3v) is 2.81. The summed E-state index contributed by atoms with van der Waals surface area (Å²) in [5.74, 6) is 0.689. The molecular weight excluding hydrogens is 259 g/mol. The van der Waals surface area contributed by atoms with Crippen molar-refractivity contribution < 1.29 is 19.0 Å². The van der Waals surface area contributed by atoms with Crippen molar-refractivity contribution in [3.05, 3.63) is 42.2 Å². The van der Waals surface area contributed by atoms with Gasteiger partial charge in [0.05, 0.1) is 13.2 Å². The van der Waals surface area contributed by atoms with Crippen LogP contribution in [-0.4, -0.2) is 18.3 Å². The molecule has 2 rings (SSSR count). The average molecular weight is 276 g/mol. The highest BCUT2D eigenvalue weighted by Gasteiger charge is 2.10. The third-order valence-electron chi connectivity index (χ3n) is 2.81. The lowest BCUT2D eigenvalue weighted by atomic mass is 10.0. The summed E-state index contributed by atoms with van der Waals surface area (Å²) in [6.45, 7) is 4.84. The topological polar surface area (TPSA) is 38.7 Å². The minimum Gasteiger partial charge on any atom is -0.507 e. The average Bonchev–Trinajstić information content (AvgIpc) is 2.41. The van der Waals surface area contributed by atoms with E-state index in [-0.39, 0.29) is 5.75 Å². The summed E-state index contributed by atoms with van der Waals surface area (Å²) in [5, 5.41) is 9.83. The van der Waals surface area contributed by atoms with Crippen LogP contribution in [0.15, 0.2) is 36.4 Å². The smallest absolute Gasteiger partial charge is 0.161 e. The van der Waals surface area contributed by atoms with Crippen molar-refractivity contribution in [2.24, 2.45) is 0 Å². The van der Waals surface area contributed by atoms with Crippen molar-refractivity contribution in [1.82, 2.24) is 0 Å². The van der Waals surface area contributed by atoms with E-state index in [1.807, 2.05) is 13.8 Å². The summed E-state index contributed by atoms with van der Waals surface area (Å²) in [5.41, 5.74) is 1.30. The first kappa shape index (κ1) is 14.2. The van der Waals surface area contributed by atoms with Gasteiger partial charge in [0, 0.05) is 11.6 Å². The molecule has 0 saturated carbocycles. The van der Waals surface area contributed by atoms with E-state index in [2.05, 4.69) is 0 Å². The van der Waals surface area contributed by atoms with E-state index in [4.69, 9.17) is 9.47 Å². The van der Waals surface area contributed by atoms with Gasteiger partial charge in [-0.3, -0.25) is 0 Å². The van der Waals surface area contributed by atoms with Gasteiger partial charge in [-0.1, -0.05) is 6.07 Å². The Bertz CT molecular complexity index is 596. The van der Waals surface area contributed by atoms with Crippen LogP contribution in [0.3, 0.4) is 0 Å². The first-order chi connectivity index (χ1) is 9.65. The van der Waals surface area contributed by atoms with E-state index in [1.54, 1.807) is 18.2 Å². The monoisotopic (exact) mass is 276 g/mol. The number of aromatic hydroxyl groups is 1. The highest BCUT2D eigenvalue weighted by Crippen LogP contribution is 2.36. The minimum atomic E-state index is -0.470. The van der Waals surface area contributed by atoms with Crippen LogP contribution in [0.4, 0.5) is 4.39 Å². The van der Waals surface area contributed by atoms with Gasteiger partial charge in [0.25, 0.3) is 0 Å². The number of hydrogen-bond donors (Lipinski definition) is 1. The van der Waals surface area contributed by atoms with Crippen molar-refractivity contribution >= 4 is 0 Å². The summed E-state index contributed by atoms with van der Waals surface area (Å²) >= 11 is 0. The van der Waals surface area contributed by atoms with E-state index >= 15 is 0 Å². The van der Waals surface area contributed by atoms with Gasteiger partial charge in [-0.25, -0.2) is 4.39 Å². The first-order valence-corrected chi connectivity index (χ1v) is 6.54. The van der Waals surface area contributed by atoms with Crippen molar-refractivity contribution in [2.45, 2.75) is 13.8 Å². The maximum Gasteiger partial charge on any atom is 0.161 e. The molecule has 0 saturated heterocycles. The lowest BCUT2D eigenvalue weighted by Crippen LogP contribution is -1.98. The molecule has 2 aromatic rings. The van der Waals surface area contributed by atoms with Crippen LogP contribution in [0.25, 0.3) is 11.1 Å². The van der Waals surface area contributed by atoms with Crippen LogP contribution in [0, 0.1) is 5.82 Å². The molecule has 3 nitrogen and oxygen atoms in total. The number of rotatable bonds is 5. The molecule has 0 aliphatic heterocycles. The summed E-state index contributed by atoms with van der Waals surface area (Å²) < 4.78 is 24.0. The largest absolute Gasteiger partial charge is 0.507 e. The Hall–Kier alpha value is -2.23. The Kier molecular flexibility index (Phi) is 4.45. The molecule has 0 amide bonds. The number of benzene rings is 2. The first-order valence-electron chi connectivity index (χ1n) is 6.54. The number of hydrogen-bond acceptors (Lipinski definition) is 3. The van der Waals surface area contributed by atoms with E-state index < -0.39 is 5.82 Å². The standard InChI is InChI=1S/C16H17FO3/c1-3-19-15-8-5-11(9-16(15)20-4-2)13-7-6-12(17)10-14(13)18/h5-10,18H,3-4H2,1-2H3. The van der Waals surface area contributed by atoms with E-state index in [1.165, 1.54) is 12.1 Å². The van der Waals surface area contributed by atoms with Crippen LogP contribution < -0.4 is 9.47 Å². The molecule has 106 valence electrons. The predicted molar refractivity (Wildman–Crippen MR) is 75.8 cm³/mol. The fraction of sp³-hybridized carbons (Fsp3) is 0.250. The SMILES string of the molecule is CCOc1ccc(-c2ccc(F)cc2O)cc1OCC. The number of phenols is 1. The molecule has 20 heavy (non-hydrogen) atoms. The molecule has 2 aromatic carbocycles. The number of ether oxygens (including phenoxy) is 2. The molecule has 0 heterocycles. The number of halogens is 1. The highest BCUT2D eigenvalue weighted by molar-refractivity contribution is 5.72. The molecule has 0 aromatic heterocycles. The van der Waals surface area contributed by atoms with Crippen molar-refractivity contribution in [1.29, 1.82) is 0 Å². The molecule has 0 atom stereocenters. The molecule has 4 heteroatoms. The van der Waals surface area contributed by atoms with Gasteiger partial charge in [0.15, 0.2) is 11.5 Å². The van der Waals surface area contributed by atoms with Gasteiger partial charge in [-0.15, -0.1) is 0 Å². The second kappa shape index (κ2) is 6.28. The van der Waals surface area contributed by atoms with Crippen molar-refractivity contribution in [2.75, 3.05) is 13.2 Å².